The molecule has 0 saturated carbocycles. The molecule has 0 aromatic rings. The van der Waals surface area contributed by atoms with Crippen molar-refractivity contribution < 1.29 is 0 Å². The Morgan fingerprint density at radius 1 is 2.00 bits per heavy atom. The van der Waals surface area contributed by atoms with Gasteiger partial charge in [-0.05, 0) is 0 Å². The van der Waals surface area contributed by atoms with Crippen LogP contribution in [0.15, 0.2) is 0 Å². The molecule has 1 aliphatic heterocycles. The highest BCUT2D eigenvalue weighted by molar-refractivity contribution is 9.12. The highest BCUT2D eigenvalue weighted by atomic mass is 79.9. The third kappa shape index (κ3) is 0.646. The van der Waals surface area contributed by atoms with E-state index in [1.165, 1.54) is 5.75 Å². The molecule has 1 aliphatic rings. The first-order valence-electron chi connectivity index (χ1n) is 1.15. The average Bonchev–Trinajstić information content (AvgIpc) is 1.75. The smallest absolute Gasteiger partial charge is 0.0691 e. The maximum atomic E-state index is 3.34. The minimum atomic E-state index is 0.812. The van der Waals surface area contributed by atoms with E-state index >= 15 is 0 Å². The Hall–Kier alpha value is 0.830. The highest BCUT2D eigenvalue weighted by Gasteiger charge is 2.16. The molecule has 24 valence electrons. The van der Waals surface area contributed by atoms with Gasteiger partial charge in [0, 0.05) is 5.75 Å². The molecule has 0 radical (unpaired) electrons. The van der Waals surface area contributed by atoms with E-state index in [2.05, 4.69) is 15.9 Å². The van der Waals surface area contributed by atoms with Crippen molar-refractivity contribution in [2.24, 2.45) is 0 Å². The lowest BCUT2D eigenvalue weighted by atomic mass is 11.0. The number of alkyl halides is 1. The van der Waals surface area contributed by atoms with E-state index in [4.69, 9.17) is 0 Å². The van der Waals surface area contributed by atoms with E-state index in [9.17, 15) is 0 Å². The Bertz CT molecular complexity index is 25.2. The van der Waals surface area contributed by atoms with Crippen LogP contribution < -0.4 is 0 Å². The van der Waals surface area contributed by atoms with Gasteiger partial charge in [-0.1, -0.05) is 15.9 Å². The Morgan fingerprint density at radius 3 is 2.25 bits per heavy atom. The topological polar surface area (TPSA) is 0 Å². The molecule has 2 heteroatoms. The SMILES string of the molecule is BrC1CS1. The van der Waals surface area contributed by atoms with Crippen LogP contribution in [0.3, 0.4) is 0 Å². The maximum absolute atomic E-state index is 3.34. The lowest BCUT2D eigenvalue weighted by Crippen LogP contribution is -1.46. The molecular formula is C2H3BrS. The minimum absolute atomic E-state index is 0.812. The van der Waals surface area contributed by atoms with Crippen molar-refractivity contribution >= 4 is 27.7 Å². The first-order chi connectivity index (χ1) is 1.89. The van der Waals surface area contributed by atoms with Gasteiger partial charge in [-0.15, -0.1) is 11.8 Å². The van der Waals surface area contributed by atoms with Gasteiger partial charge in [0.25, 0.3) is 0 Å². The molecule has 0 nitrogen and oxygen atoms in total. The summed E-state index contributed by atoms with van der Waals surface area (Å²) < 4.78 is 0.812. The molecule has 0 spiro atoms. The Morgan fingerprint density at radius 2 is 2.25 bits per heavy atom. The summed E-state index contributed by atoms with van der Waals surface area (Å²) in [5, 5.41) is 0. The molecule has 1 saturated heterocycles. The highest BCUT2D eigenvalue weighted by Crippen LogP contribution is 2.34. The van der Waals surface area contributed by atoms with E-state index in [1.54, 1.807) is 0 Å². The van der Waals surface area contributed by atoms with Gasteiger partial charge < -0.3 is 0 Å². The molecule has 0 aromatic heterocycles. The van der Waals surface area contributed by atoms with Gasteiger partial charge in [-0.2, -0.15) is 0 Å². The monoisotopic (exact) mass is 138 g/mol. The second-order valence-electron chi connectivity index (χ2n) is 0.743. The predicted octanol–water partition coefficient (Wildman–Crippen LogP) is 1.45. The van der Waals surface area contributed by atoms with E-state index in [1.807, 2.05) is 11.8 Å². The van der Waals surface area contributed by atoms with Crippen LogP contribution in [0.4, 0.5) is 0 Å². The van der Waals surface area contributed by atoms with Gasteiger partial charge in [-0.3, -0.25) is 0 Å². The fraction of sp³-hybridized carbons (Fsp3) is 1.00. The van der Waals surface area contributed by atoms with Crippen molar-refractivity contribution in [3.05, 3.63) is 0 Å². The van der Waals surface area contributed by atoms with Crippen LogP contribution in [0.1, 0.15) is 0 Å². The quantitative estimate of drug-likeness (QED) is 0.361. The van der Waals surface area contributed by atoms with Crippen LogP contribution >= 0.6 is 27.7 Å². The lowest BCUT2D eigenvalue weighted by molar-refractivity contribution is 1.67. The van der Waals surface area contributed by atoms with Crippen LogP contribution in [-0.4, -0.2) is 9.91 Å². The molecule has 0 aromatic carbocycles. The summed E-state index contributed by atoms with van der Waals surface area (Å²) in [6.45, 7) is 0. The van der Waals surface area contributed by atoms with Gasteiger partial charge in [-0.25, -0.2) is 0 Å². The first kappa shape index (κ1) is 3.04. The normalized spacial score (nSPS) is 39.8. The van der Waals surface area contributed by atoms with Crippen LogP contribution in [0.5, 0.6) is 0 Å². The summed E-state index contributed by atoms with van der Waals surface area (Å²) in [4.78, 5) is 0. The Labute approximate surface area is 38.1 Å². The molecule has 1 heterocycles. The molecule has 0 aliphatic carbocycles. The minimum Gasteiger partial charge on any atom is -0.144 e. The fourth-order valence-electron chi connectivity index (χ4n) is 0.0364. The van der Waals surface area contributed by atoms with E-state index in [0.29, 0.717) is 0 Å². The number of hydrogen-bond donors (Lipinski definition) is 0. The largest absolute Gasteiger partial charge is 0.144 e. The summed E-state index contributed by atoms with van der Waals surface area (Å²) in [7, 11) is 0. The zero-order valence-corrected chi connectivity index (χ0v) is 4.47. The first-order valence-corrected chi connectivity index (χ1v) is 3.12. The molecule has 1 rings (SSSR count). The predicted molar refractivity (Wildman–Crippen MR) is 25.2 cm³/mol. The molecule has 4 heavy (non-hydrogen) atoms. The van der Waals surface area contributed by atoms with Gasteiger partial charge in [0.05, 0.1) is 4.16 Å². The summed E-state index contributed by atoms with van der Waals surface area (Å²) in [5.41, 5.74) is 0. The zero-order valence-electron chi connectivity index (χ0n) is 2.07. The zero-order chi connectivity index (χ0) is 2.99. The standard InChI is InChI=1S/C2H3BrS/c3-2-1-4-2/h2H,1H2. The molecule has 1 fully saturated rings. The number of halogens is 1. The van der Waals surface area contributed by atoms with E-state index < -0.39 is 0 Å². The second-order valence-corrected chi connectivity index (χ2v) is 3.69. The third-order valence-corrected chi connectivity index (χ3v) is 2.46. The van der Waals surface area contributed by atoms with Crippen molar-refractivity contribution in [2.75, 3.05) is 5.75 Å². The van der Waals surface area contributed by atoms with E-state index in [-0.39, 0.29) is 0 Å². The van der Waals surface area contributed by atoms with Crippen LogP contribution in [0.2, 0.25) is 0 Å². The van der Waals surface area contributed by atoms with Crippen molar-refractivity contribution in [1.29, 1.82) is 0 Å². The van der Waals surface area contributed by atoms with Gasteiger partial charge in [0.15, 0.2) is 0 Å². The second kappa shape index (κ2) is 0.902. The molecule has 0 bridgehead atoms. The van der Waals surface area contributed by atoms with Gasteiger partial charge in [0.1, 0.15) is 0 Å². The number of thioether (sulfide) groups is 1. The van der Waals surface area contributed by atoms with Crippen molar-refractivity contribution in [3.63, 3.8) is 0 Å². The number of rotatable bonds is 0. The van der Waals surface area contributed by atoms with E-state index in [0.717, 1.165) is 4.16 Å². The lowest BCUT2D eigenvalue weighted by Gasteiger charge is -1.48. The fourth-order valence-corrected chi connectivity index (χ4v) is 0.567. The summed E-state index contributed by atoms with van der Waals surface area (Å²) in [6.07, 6.45) is 0. The number of hydrogen-bond acceptors (Lipinski definition) is 1. The van der Waals surface area contributed by atoms with Crippen LogP contribution in [-0.2, 0) is 0 Å². The molecule has 0 amide bonds. The molecule has 1 atom stereocenters. The summed E-state index contributed by atoms with van der Waals surface area (Å²) >= 11 is 5.28. The van der Waals surface area contributed by atoms with Crippen molar-refractivity contribution in [1.82, 2.24) is 0 Å². The Kier molecular flexibility index (Phi) is 0.685. The van der Waals surface area contributed by atoms with Gasteiger partial charge in [0.2, 0.25) is 0 Å². The summed E-state index contributed by atoms with van der Waals surface area (Å²) in [6, 6.07) is 0. The third-order valence-electron chi connectivity index (χ3n) is 0.293. The molecule has 1 unspecified atom stereocenters. The summed E-state index contributed by atoms with van der Waals surface area (Å²) in [5.74, 6) is 1.32. The Balaban J connectivity index is 2.17. The van der Waals surface area contributed by atoms with Crippen LogP contribution in [0.25, 0.3) is 0 Å². The maximum Gasteiger partial charge on any atom is 0.0691 e. The molecular weight excluding hydrogens is 136 g/mol. The average molecular weight is 139 g/mol. The van der Waals surface area contributed by atoms with Crippen LogP contribution in [0, 0.1) is 0 Å². The van der Waals surface area contributed by atoms with Gasteiger partial charge >= 0.3 is 0 Å². The van der Waals surface area contributed by atoms with Crippen molar-refractivity contribution in [2.45, 2.75) is 4.16 Å². The van der Waals surface area contributed by atoms with Crippen molar-refractivity contribution in [3.8, 4) is 0 Å². The molecule has 0 N–H and O–H groups in total.